The molecule has 4 heteroatoms. The molecule has 0 saturated carbocycles. The molecule has 1 aromatic rings. The molecule has 0 unspecified atom stereocenters. The van der Waals surface area contributed by atoms with Crippen LogP contribution in [0, 0.1) is 5.92 Å². The van der Waals surface area contributed by atoms with Crippen molar-refractivity contribution >= 4 is 17.7 Å². The molecule has 20 heavy (non-hydrogen) atoms. The van der Waals surface area contributed by atoms with E-state index in [0.717, 1.165) is 35.7 Å². The molecule has 1 aromatic carbocycles. The number of thioether (sulfide) groups is 1. The molecule has 0 aromatic heterocycles. The number of hydrogen-bond acceptors (Lipinski definition) is 3. The molecule has 1 aliphatic rings. The van der Waals surface area contributed by atoms with E-state index in [2.05, 4.69) is 6.92 Å². The fourth-order valence-electron chi connectivity index (χ4n) is 2.55. The van der Waals surface area contributed by atoms with Crippen LogP contribution in [0.15, 0.2) is 29.2 Å². The standard InChI is InChI=1S/C16H23NO2S/c1-13-6-5-9-17(12-13)16(18)14-7-3-4-8-15(14)20-11-10-19-2/h3-4,7-8,13H,5-6,9-12H2,1-2H3/t13-/m1/s1. The maximum atomic E-state index is 12.7. The van der Waals surface area contributed by atoms with Crippen molar-refractivity contribution in [1.29, 1.82) is 0 Å². The summed E-state index contributed by atoms with van der Waals surface area (Å²) in [5.41, 5.74) is 0.836. The number of likely N-dealkylation sites (tertiary alicyclic amines) is 1. The van der Waals surface area contributed by atoms with E-state index < -0.39 is 0 Å². The molecule has 1 amide bonds. The first-order chi connectivity index (χ1) is 9.72. The number of hydrogen-bond donors (Lipinski definition) is 0. The maximum Gasteiger partial charge on any atom is 0.254 e. The van der Waals surface area contributed by atoms with Crippen LogP contribution in [0.3, 0.4) is 0 Å². The number of piperidine rings is 1. The van der Waals surface area contributed by atoms with Crippen LogP contribution < -0.4 is 0 Å². The van der Waals surface area contributed by atoms with Gasteiger partial charge in [-0.1, -0.05) is 19.1 Å². The minimum atomic E-state index is 0.178. The third-order valence-corrected chi connectivity index (χ3v) is 4.64. The van der Waals surface area contributed by atoms with Gasteiger partial charge in [-0.3, -0.25) is 4.79 Å². The van der Waals surface area contributed by atoms with E-state index in [1.54, 1.807) is 18.9 Å². The molecule has 1 aliphatic heterocycles. The van der Waals surface area contributed by atoms with Gasteiger partial charge >= 0.3 is 0 Å². The van der Waals surface area contributed by atoms with Gasteiger partial charge in [-0.2, -0.15) is 0 Å². The van der Waals surface area contributed by atoms with Crippen molar-refractivity contribution in [2.75, 3.05) is 32.6 Å². The van der Waals surface area contributed by atoms with E-state index >= 15 is 0 Å². The Kier molecular flexibility index (Phi) is 5.92. The van der Waals surface area contributed by atoms with Crippen LogP contribution in [0.4, 0.5) is 0 Å². The van der Waals surface area contributed by atoms with Crippen LogP contribution in [-0.2, 0) is 4.74 Å². The average Bonchev–Trinajstić information content (AvgIpc) is 2.47. The lowest BCUT2D eigenvalue weighted by Gasteiger charge is -2.31. The largest absolute Gasteiger partial charge is 0.384 e. The summed E-state index contributed by atoms with van der Waals surface area (Å²) < 4.78 is 5.08. The van der Waals surface area contributed by atoms with E-state index in [9.17, 15) is 4.79 Å². The molecule has 1 heterocycles. The molecule has 3 nitrogen and oxygen atoms in total. The van der Waals surface area contributed by atoms with Crippen LogP contribution in [0.2, 0.25) is 0 Å². The molecule has 1 fully saturated rings. The number of amides is 1. The Morgan fingerprint density at radius 3 is 3.00 bits per heavy atom. The molecule has 110 valence electrons. The van der Waals surface area contributed by atoms with Gasteiger partial charge in [0.05, 0.1) is 12.2 Å². The van der Waals surface area contributed by atoms with Crippen molar-refractivity contribution in [2.45, 2.75) is 24.7 Å². The number of carbonyl (C=O) groups is 1. The Morgan fingerprint density at radius 1 is 1.45 bits per heavy atom. The van der Waals surface area contributed by atoms with E-state index in [1.165, 1.54) is 6.42 Å². The van der Waals surface area contributed by atoms with Gasteiger partial charge in [0, 0.05) is 30.8 Å². The summed E-state index contributed by atoms with van der Waals surface area (Å²) in [7, 11) is 1.70. The van der Waals surface area contributed by atoms with Crippen molar-refractivity contribution in [3.05, 3.63) is 29.8 Å². The van der Waals surface area contributed by atoms with Gasteiger partial charge in [0.25, 0.3) is 5.91 Å². The Bertz CT molecular complexity index is 450. The highest BCUT2D eigenvalue weighted by Crippen LogP contribution is 2.25. The van der Waals surface area contributed by atoms with Crippen molar-refractivity contribution in [1.82, 2.24) is 4.90 Å². The average molecular weight is 293 g/mol. The fraction of sp³-hybridized carbons (Fsp3) is 0.562. The lowest BCUT2D eigenvalue weighted by Crippen LogP contribution is -2.39. The summed E-state index contributed by atoms with van der Waals surface area (Å²) >= 11 is 1.69. The summed E-state index contributed by atoms with van der Waals surface area (Å²) in [6.45, 7) is 4.70. The van der Waals surface area contributed by atoms with Crippen molar-refractivity contribution in [3.8, 4) is 0 Å². The predicted octanol–water partition coefficient (Wildman–Crippen LogP) is 3.30. The first kappa shape index (κ1) is 15.4. The second-order valence-corrected chi connectivity index (χ2v) is 6.47. The van der Waals surface area contributed by atoms with E-state index in [4.69, 9.17) is 4.74 Å². The van der Waals surface area contributed by atoms with Crippen LogP contribution in [0.25, 0.3) is 0 Å². The number of benzene rings is 1. The monoisotopic (exact) mass is 293 g/mol. The highest BCUT2D eigenvalue weighted by Gasteiger charge is 2.23. The summed E-state index contributed by atoms with van der Waals surface area (Å²) in [5, 5.41) is 0. The van der Waals surface area contributed by atoms with Crippen LogP contribution in [0.5, 0.6) is 0 Å². The van der Waals surface area contributed by atoms with Crippen molar-refractivity contribution in [3.63, 3.8) is 0 Å². The van der Waals surface area contributed by atoms with Crippen LogP contribution in [0.1, 0.15) is 30.1 Å². The molecule has 1 atom stereocenters. The Balaban J connectivity index is 2.08. The second-order valence-electron chi connectivity index (χ2n) is 5.34. The summed E-state index contributed by atoms with van der Waals surface area (Å²) in [4.78, 5) is 15.7. The number of ether oxygens (including phenoxy) is 1. The van der Waals surface area contributed by atoms with Crippen LogP contribution >= 0.6 is 11.8 Å². The topological polar surface area (TPSA) is 29.5 Å². The van der Waals surface area contributed by atoms with E-state index in [-0.39, 0.29) is 5.91 Å². The third kappa shape index (κ3) is 4.00. The summed E-state index contributed by atoms with van der Waals surface area (Å²) in [5.74, 6) is 1.66. The molecule has 0 N–H and O–H groups in total. The number of carbonyl (C=O) groups excluding carboxylic acids is 1. The molecule has 2 rings (SSSR count). The van der Waals surface area contributed by atoms with Gasteiger partial charge in [0.1, 0.15) is 0 Å². The molecule has 1 saturated heterocycles. The third-order valence-electron chi connectivity index (χ3n) is 3.61. The highest BCUT2D eigenvalue weighted by atomic mass is 32.2. The first-order valence-electron chi connectivity index (χ1n) is 7.22. The lowest BCUT2D eigenvalue weighted by molar-refractivity contribution is 0.0679. The number of rotatable bonds is 5. The molecular weight excluding hydrogens is 270 g/mol. The normalized spacial score (nSPS) is 19.1. The van der Waals surface area contributed by atoms with Gasteiger partial charge in [0.15, 0.2) is 0 Å². The van der Waals surface area contributed by atoms with Crippen molar-refractivity contribution < 1.29 is 9.53 Å². The SMILES string of the molecule is COCCSc1ccccc1C(=O)N1CCC[C@@H](C)C1. The first-order valence-corrected chi connectivity index (χ1v) is 8.21. The predicted molar refractivity (Wildman–Crippen MR) is 83.3 cm³/mol. The number of methoxy groups -OCH3 is 1. The molecule has 0 bridgehead atoms. The van der Waals surface area contributed by atoms with E-state index in [0.29, 0.717) is 12.5 Å². The zero-order valence-electron chi connectivity index (χ0n) is 12.3. The zero-order valence-corrected chi connectivity index (χ0v) is 13.1. The molecule has 0 spiro atoms. The maximum absolute atomic E-state index is 12.7. The zero-order chi connectivity index (χ0) is 14.4. The highest BCUT2D eigenvalue weighted by molar-refractivity contribution is 7.99. The lowest BCUT2D eigenvalue weighted by atomic mass is 9.99. The Hall–Kier alpha value is -1.00. The minimum Gasteiger partial charge on any atom is -0.384 e. The van der Waals surface area contributed by atoms with Gasteiger partial charge in [-0.25, -0.2) is 0 Å². The second kappa shape index (κ2) is 7.70. The Morgan fingerprint density at radius 2 is 2.25 bits per heavy atom. The molecular formula is C16H23NO2S. The quantitative estimate of drug-likeness (QED) is 0.616. The minimum absolute atomic E-state index is 0.178. The van der Waals surface area contributed by atoms with Gasteiger partial charge in [-0.15, -0.1) is 11.8 Å². The van der Waals surface area contributed by atoms with Crippen molar-refractivity contribution in [2.24, 2.45) is 5.92 Å². The fourth-order valence-corrected chi connectivity index (χ4v) is 3.50. The summed E-state index contributed by atoms with van der Waals surface area (Å²) in [6.07, 6.45) is 2.35. The number of nitrogens with zero attached hydrogens (tertiary/aromatic N) is 1. The molecule has 0 radical (unpaired) electrons. The molecule has 0 aliphatic carbocycles. The van der Waals surface area contributed by atoms with Gasteiger partial charge < -0.3 is 9.64 Å². The van der Waals surface area contributed by atoms with Gasteiger partial charge in [-0.05, 0) is 30.9 Å². The van der Waals surface area contributed by atoms with E-state index in [1.807, 2.05) is 29.2 Å². The summed E-state index contributed by atoms with van der Waals surface area (Å²) in [6, 6.07) is 7.91. The van der Waals surface area contributed by atoms with Crippen LogP contribution in [-0.4, -0.2) is 43.4 Å². The Labute approximate surface area is 125 Å². The van der Waals surface area contributed by atoms with Gasteiger partial charge in [0.2, 0.25) is 0 Å². The smallest absolute Gasteiger partial charge is 0.254 e.